The third kappa shape index (κ3) is 1.45. The molecule has 2 heteroatoms. The molecule has 0 aliphatic carbocycles. The van der Waals surface area contributed by atoms with Crippen LogP contribution in [0.4, 0.5) is 0 Å². The van der Waals surface area contributed by atoms with Crippen molar-refractivity contribution in [3.8, 4) is 0 Å². The molecule has 0 bridgehead atoms. The van der Waals surface area contributed by atoms with Crippen LogP contribution in [0, 0.1) is 6.92 Å². The van der Waals surface area contributed by atoms with Gasteiger partial charge in [0.25, 0.3) is 0 Å². The van der Waals surface area contributed by atoms with Gasteiger partial charge in [-0.05, 0) is 6.92 Å². The summed E-state index contributed by atoms with van der Waals surface area (Å²) in [6, 6.07) is 0. The van der Waals surface area contributed by atoms with Crippen LogP contribution in [0.5, 0.6) is 0 Å². The van der Waals surface area contributed by atoms with Crippen LogP contribution in [0.1, 0.15) is 0 Å². The minimum Gasteiger partial charge on any atom is -0.376 e. The summed E-state index contributed by atoms with van der Waals surface area (Å²) in [5, 5.41) is 0. The van der Waals surface area contributed by atoms with Crippen LogP contribution < -0.4 is 0 Å². The Hall–Kier alpha value is -0.0800. The highest BCUT2D eigenvalue weighted by Crippen LogP contribution is 1.96. The Morgan fingerprint density at radius 2 is 2.29 bits per heavy atom. The normalized spacial score (nSPS) is 33.0. The monoisotopic (exact) mass is 100 g/mol. The van der Waals surface area contributed by atoms with Crippen molar-refractivity contribution in [2.24, 2.45) is 0 Å². The van der Waals surface area contributed by atoms with Gasteiger partial charge in [-0.2, -0.15) is 0 Å². The standard InChI is InChI=1S/C5H8O2/c1-5-4-6-2-3-7-5/h1,5H,2-4H2. The first-order chi connectivity index (χ1) is 3.39. The zero-order chi connectivity index (χ0) is 5.11. The smallest absolute Gasteiger partial charge is 0.0845 e. The van der Waals surface area contributed by atoms with Crippen molar-refractivity contribution in [1.82, 2.24) is 0 Å². The molecule has 0 N–H and O–H groups in total. The topological polar surface area (TPSA) is 18.5 Å². The second kappa shape index (κ2) is 2.28. The molecular formula is C5H8O2. The van der Waals surface area contributed by atoms with Gasteiger partial charge in [0.1, 0.15) is 0 Å². The third-order valence-corrected chi connectivity index (χ3v) is 0.842. The Balaban J connectivity index is 2.12. The molecular weight excluding hydrogens is 92.1 g/mol. The van der Waals surface area contributed by atoms with E-state index in [1.54, 1.807) is 0 Å². The van der Waals surface area contributed by atoms with E-state index < -0.39 is 0 Å². The van der Waals surface area contributed by atoms with Crippen LogP contribution in [0.15, 0.2) is 0 Å². The van der Waals surface area contributed by atoms with E-state index in [1.807, 2.05) is 0 Å². The first-order valence-corrected chi connectivity index (χ1v) is 2.34. The van der Waals surface area contributed by atoms with E-state index in [0.717, 1.165) is 0 Å². The van der Waals surface area contributed by atoms with Gasteiger partial charge in [-0.15, -0.1) is 0 Å². The van der Waals surface area contributed by atoms with E-state index in [2.05, 4.69) is 0 Å². The lowest BCUT2D eigenvalue weighted by atomic mass is 10.4. The van der Waals surface area contributed by atoms with E-state index in [9.17, 15) is 0 Å². The quantitative estimate of drug-likeness (QED) is 0.430. The molecule has 0 aromatic rings. The van der Waals surface area contributed by atoms with E-state index in [1.165, 1.54) is 0 Å². The van der Waals surface area contributed by atoms with Crippen molar-refractivity contribution in [3.05, 3.63) is 6.92 Å². The fraction of sp³-hybridized carbons (Fsp3) is 0.800. The Morgan fingerprint density at radius 1 is 1.43 bits per heavy atom. The zero-order valence-corrected chi connectivity index (χ0v) is 4.09. The van der Waals surface area contributed by atoms with Gasteiger partial charge in [-0.1, -0.05) is 0 Å². The summed E-state index contributed by atoms with van der Waals surface area (Å²) in [5.41, 5.74) is 0. The molecule has 1 atom stereocenters. The summed E-state index contributed by atoms with van der Waals surface area (Å²) < 4.78 is 9.86. The van der Waals surface area contributed by atoms with Crippen LogP contribution >= 0.6 is 0 Å². The maximum Gasteiger partial charge on any atom is 0.0845 e. The van der Waals surface area contributed by atoms with Gasteiger partial charge < -0.3 is 9.47 Å². The van der Waals surface area contributed by atoms with Gasteiger partial charge in [-0.25, -0.2) is 0 Å². The van der Waals surface area contributed by atoms with E-state index in [-0.39, 0.29) is 6.10 Å². The lowest BCUT2D eigenvalue weighted by molar-refractivity contribution is -0.0688. The number of rotatable bonds is 0. The SMILES string of the molecule is [CH]C1COCCO1. The van der Waals surface area contributed by atoms with Crippen molar-refractivity contribution < 1.29 is 9.47 Å². The molecule has 1 fully saturated rings. The van der Waals surface area contributed by atoms with Crippen LogP contribution in [0.3, 0.4) is 0 Å². The van der Waals surface area contributed by atoms with Crippen molar-refractivity contribution >= 4 is 0 Å². The molecule has 40 valence electrons. The summed E-state index contributed by atoms with van der Waals surface area (Å²) in [6.07, 6.45) is -0.186. The lowest BCUT2D eigenvalue weighted by Crippen LogP contribution is -2.25. The van der Waals surface area contributed by atoms with Gasteiger partial charge in [0, 0.05) is 0 Å². The van der Waals surface area contributed by atoms with Gasteiger partial charge in [-0.3, -0.25) is 0 Å². The van der Waals surface area contributed by atoms with E-state index >= 15 is 0 Å². The van der Waals surface area contributed by atoms with Crippen LogP contribution in [0.25, 0.3) is 0 Å². The van der Waals surface area contributed by atoms with Crippen LogP contribution in [-0.2, 0) is 9.47 Å². The predicted octanol–water partition coefficient (Wildman–Crippen LogP) is 0.113. The molecule has 1 aliphatic rings. The number of hydrogen-bond acceptors (Lipinski definition) is 2. The molecule has 1 aliphatic heterocycles. The van der Waals surface area contributed by atoms with E-state index in [4.69, 9.17) is 16.4 Å². The summed E-state index contributed by atoms with van der Waals surface area (Å²) in [6.45, 7) is 7.16. The molecule has 0 aromatic carbocycles. The molecule has 1 unspecified atom stereocenters. The zero-order valence-electron chi connectivity index (χ0n) is 4.09. The average molecular weight is 100 g/mol. The summed E-state index contributed by atoms with van der Waals surface area (Å²) in [5.74, 6) is 0. The molecule has 2 radical (unpaired) electrons. The fourth-order valence-electron chi connectivity index (χ4n) is 0.506. The molecule has 0 saturated carbocycles. The van der Waals surface area contributed by atoms with Crippen LogP contribution in [-0.4, -0.2) is 25.9 Å². The maximum atomic E-state index is 5.29. The molecule has 0 amide bonds. The molecule has 0 spiro atoms. The Morgan fingerprint density at radius 3 is 2.57 bits per heavy atom. The average Bonchev–Trinajstić information content (AvgIpc) is 1.69. The lowest BCUT2D eigenvalue weighted by Gasteiger charge is -2.17. The highest BCUT2D eigenvalue weighted by molar-refractivity contribution is 4.60. The van der Waals surface area contributed by atoms with Crippen LogP contribution in [0.2, 0.25) is 0 Å². The minimum atomic E-state index is -0.186. The van der Waals surface area contributed by atoms with Gasteiger partial charge in [0.2, 0.25) is 0 Å². The fourth-order valence-corrected chi connectivity index (χ4v) is 0.506. The largest absolute Gasteiger partial charge is 0.376 e. The van der Waals surface area contributed by atoms with Gasteiger partial charge >= 0.3 is 0 Å². The first-order valence-electron chi connectivity index (χ1n) is 2.34. The Kier molecular flexibility index (Phi) is 1.65. The Bertz CT molecular complexity index is 48.0. The highest BCUT2D eigenvalue weighted by atomic mass is 16.6. The second-order valence-electron chi connectivity index (χ2n) is 1.48. The minimum absolute atomic E-state index is 0.186. The summed E-state index contributed by atoms with van der Waals surface area (Å²) >= 11 is 0. The van der Waals surface area contributed by atoms with Gasteiger partial charge in [0.05, 0.1) is 25.9 Å². The summed E-state index contributed by atoms with van der Waals surface area (Å²) in [7, 11) is 0. The molecule has 1 heterocycles. The van der Waals surface area contributed by atoms with Crippen molar-refractivity contribution in [1.29, 1.82) is 0 Å². The molecule has 2 nitrogen and oxygen atoms in total. The second-order valence-corrected chi connectivity index (χ2v) is 1.48. The maximum absolute atomic E-state index is 5.29. The third-order valence-electron chi connectivity index (χ3n) is 0.842. The van der Waals surface area contributed by atoms with Crippen molar-refractivity contribution in [3.63, 3.8) is 0 Å². The molecule has 0 aromatic heterocycles. The Labute approximate surface area is 43.4 Å². The highest BCUT2D eigenvalue weighted by Gasteiger charge is 2.06. The first kappa shape index (κ1) is 5.06. The summed E-state index contributed by atoms with van der Waals surface area (Å²) in [4.78, 5) is 0. The molecule has 1 saturated heterocycles. The number of ether oxygens (including phenoxy) is 2. The predicted molar refractivity (Wildman–Crippen MR) is 24.9 cm³/mol. The van der Waals surface area contributed by atoms with Crippen molar-refractivity contribution in [2.75, 3.05) is 19.8 Å². The molecule has 1 rings (SSSR count). The van der Waals surface area contributed by atoms with Crippen molar-refractivity contribution in [2.45, 2.75) is 6.10 Å². The van der Waals surface area contributed by atoms with Gasteiger partial charge in [0.15, 0.2) is 0 Å². The molecule has 7 heavy (non-hydrogen) atoms. The number of hydrogen-bond donors (Lipinski definition) is 0. The van der Waals surface area contributed by atoms with E-state index in [0.29, 0.717) is 19.8 Å².